The van der Waals surface area contributed by atoms with E-state index in [-0.39, 0.29) is 0 Å². The molecule has 1 amide bonds. The number of likely N-dealkylation sites (N-methyl/N-ethyl adjacent to an activating group) is 1. The zero-order valence-corrected chi connectivity index (χ0v) is 20.0. The number of hydrogen-bond donors (Lipinski definition) is 1. The van der Waals surface area contributed by atoms with E-state index in [1.54, 1.807) is 7.11 Å². The molecule has 174 valence electrons. The second kappa shape index (κ2) is 13.0. The first-order valence-electron chi connectivity index (χ1n) is 10.7. The van der Waals surface area contributed by atoms with Gasteiger partial charge in [0, 0.05) is 50.7 Å². The Bertz CT molecular complexity index is 843. The Morgan fingerprint density at radius 2 is 1.94 bits per heavy atom. The molecule has 1 aromatic carbocycles. The maximum Gasteiger partial charge on any atom is 0.407 e. The smallest absolute Gasteiger partial charge is 0.407 e. The van der Waals surface area contributed by atoms with Crippen molar-refractivity contribution >= 4 is 23.6 Å². The summed E-state index contributed by atoms with van der Waals surface area (Å²) in [4.78, 5) is 25.7. The maximum absolute atomic E-state index is 12.0. The molecule has 7 heteroatoms. The van der Waals surface area contributed by atoms with Crippen LogP contribution in [0.15, 0.2) is 18.2 Å². The molecule has 0 aliphatic rings. The molecule has 0 saturated heterocycles. The molecule has 0 bridgehead atoms. The molecular weight excluding hydrogens is 396 g/mol. The second-order valence-electron chi connectivity index (χ2n) is 8.36. The Kier molecular flexibility index (Phi) is 11.1. The van der Waals surface area contributed by atoms with Crippen LogP contribution in [0.1, 0.15) is 47.5 Å². The van der Waals surface area contributed by atoms with E-state index in [1.165, 1.54) is 0 Å². The fourth-order valence-corrected chi connectivity index (χ4v) is 2.99. The number of hydrogen-bond acceptors (Lipinski definition) is 6. The summed E-state index contributed by atoms with van der Waals surface area (Å²) in [6, 6.07) is 5.75. The monoisotopic (exact) mass is 434 g/mol. The van der Waals surface area contributed by atoms with E-state index in [9.17, 15) is 9.59 Å². The molecule has 0 aliphatic carbocycles. The first kappa shape index (κ1) is 26.5. The van der Waals surface area contributed by atoms with Crippen molar-refractivity contribution < 1.29 is 23.8 Å². The first-order valence-corrected chi connectivity index (χ1v) is 10.7. The zero-order chi connectivity index (χ0) is 23.4. The molecule has 7 nitrogen and oxygen atoms in total. The lowest BCUT2D eigenvalue weighted by molar-refractivity contribution is -0.104. The van der Waals surface area contributed by atoms with Gasteiger partial charge in [0.2, 0.25) is 0 Å². The van der Waals surface area contributed by atoms with Crippen LogP contribution in [-0.2, 0) is 14.3 Å². The Morgan fingerprint density at radius 3 is 2.52 bits per heavy atom. The normalized spacial score (nSPS) is 13.3. The van der Waals surface area contributed by atoms with Crippen LogP contribution in [-0.4, -0.2) is 63.3 Å². The Hall–Kier alpha value is -2.54. The first-order chi connectivity index (χ1) is 14.6. The third-order valence-corrected chi connectivity index (χ3v) is 4.65. The van der Waals surface area contributed by atoms with E-state index in [1.807, 2.05) is 57.8 Å². The van der Waals surface area contributed by atoms with Crippen molar-refractivity contribution in [2.45, 2.75) is 53.1 Å². The molecule has 0 atom stereocenters. The highest BCUT2D eigenvalue weighted by atomic mass is 16.6. The molecule has 0 fully saturated rings. The van der Waals surface area contributed by atoms with E-state index in [0.717, 1.165) is 40.9 Å². The molecule has 0 unspecified atom stereocenters. The topological polar surface area (TPSA) is 77.1 Å². The standard InChI is InChI=1S/C24H38N2O5/c1-8-18(2)22-19(11-9-12-21(22)30-16-10-15-29-7)20(17-27)26(6)14-13-25-23(28)31-24(3,4)5/h9,11-12,17H,8,10,13-16H2,1-7H3,(H,25,28)/b20-19-,22-18+. The Balaban J connectivity index is 3.16. The predicted molar refractivity (Wildman–Crippen MR) is 123 cm³/mol. The summed E-state index contributed by atoms with van der Waals surface area (Å²) in [5.41, 5.74) is 1.12. The Morgan fingerprint density at radius 1 is 1.23 bits per heavy atom. The molecule has 1 N–H and O–H groups in total. The van der Waals surface area contributed by atoms with Crippen molar-refractivity contribution in [2.75, 3.05) is 40.5 Å². The minimum Gasteiger partial charge on any atom is -0.493 e. The maximum atomic E-state index is 12.0. The number of rotatable bonds is 11. The minimum atomic E-state index is -0.553. The van der Waals surface area contributed by atoms with Crippen LogP contribution in [0.5, 0.6) is 5.75 Å². The summed E-state index contributed by atoms with van der Waals surface area (Å²) < 4.78 is 16.4. The summed E-state index contributed by atoms with van der Waals surface area (Å²) in [6.45, 7) is 11.5. The van der Waals surface area contributed by atoms with Gasteiger partial charge >= 0.3 is 6.09 Å². The van der Waals surface area contributed by atoms with Crippen molar-refractivity contribution in [3.63, 3.8) is 0 Å². The predicted octanol–water partition coefficient (Wildman–Crippen LogP) is 2.45. The number of aldehydes is 1. The van der Waals surface area contributed by atoms with Crippen LogP contribution in [0.2, 0.25) is 0 Å². The van der Waals surface area contributed by atoms with Gasteiger partial charge in [-0.1, -0.05) is 24.6 Å². The molecular formula is C24H38N2O5. The number of ether oxygens (including phenoxy) is 3. The third kappa shape index (κ3) is 9.00. The van der Waals surface area contributed by atoms with Crippen LogP contribution in [0.4, 0.5) is 4.79 Å². The van der Waals surface area contributed by atoms with Gasteiger partial charge < -0.3 is 24.4 Å². The van der Waals surface area contributed by atoms with E-state index in [4.69, 9.17) is 14.2 Å². The number of carbonyl (C=O) groups excluding carboxylic acids is 2. The van der Waals surface area contributed by atoms with Crippen LogP contribution in [0.3, 0.4) is 0 Å². The fourth-order valence-electron chi connectivity index (χ4n) is 2.99. The van der Waals surface area contributed by atoms with Gasteiger partial charge in [0.05, 0.1) is 12.3 Å². The van der Waals surface area contributed by atoms with Gasteiger partial charge in [0.25, 0.3) is 0 Å². The molecule has 0 radical (unpaired) electrons. The van der Waals surface area contributed by atoms with E-state index >= 15 is 0 Å². The number of nitrogens with one attached hydrogen (secondary N) is 1. The van der Waals surface area contributed by atoms with Crippen molar-refractivity contribution in [3.05, 3.63) is 28.6 Å². The highest BCUT2D eigenvalue weighted by Crippen LogP contribution is 2.08. The Labute approximate surface area is 186 Å². The van der Waals surface area contributed by atoms with Crippen molar-refractivity contribution in [2.24, 2.45) is 0 Å². The van der Waals surface area contributed by atoms with Crippen LogP contribution in [0.25, 0.3) is 11.3 Å². The average Bonchev–Trinajstić information content (AvgIpc) is 2.70. The van der Waals surface area contributed by atoms with Crippen LogP contribution in [0, 0.1) is 0 Å². The van der Waals surface area contributed by atoms with Gasteiger partial charge in [0.15, 0.2) is 6.29 Å². The zero-order valence-electron chi connectivity index (χ0n) is 20.0. The lowest BCUT2D eigenvalue weighted by Gasteiger charge is -2.22. The van der Waals surface area contributed by atoms with Crippen LogP contribution < -0.4 is 20.5 Å². The number of alkyl carbamates (subject to hydrolysis) is 1. The number of nitrogens with zero attached hydrogens (tertiary/aromatic N) is 1. The average molecular weight is 435 g/mol. The molecule has 1 rings (SSSR count). The van der Waals surface area contributed by atoms with E-state index in [0.29, 0.717) is 32.0 Å². The molecule has 0 aromatic heterocycles. The minimum absolute atomic E-state index is 0.349. The van der Waals surface area contributed by atoms with E-state index in [2.05, 4.69) is 12.2 Å². The molecule has 0 aliphatic heterocycles. The lowest BCUT2D eigenvalue weighted by atomic mass is 10.1. The fraction of sp³-hybridized carbons (Fsp3) is 0.583. The lowest BCUT2D eigenvalue weighted by Crippen LogP contribution is -2.40. The molecule has 31 heavy (non-hydrogen) atoms. The van der Waals surface area contributed by atoms with Gasteiger partial charge in [0.1, 0.15) is 11.4 Å². The largest absolute Gasteiger partial charge is 0.493 e. The summed E-state index contributed by atoms with van der Waals surface area (Å²) in [7, 11) is 3.50. The van der Waals surface area contributed by atoms with Gasteiger partial charge in [-0.3, -0.25) is 4.79 Å². The molecule has 0 spiro atoms. The van der Waals surface area contributed by atoms with Crippen molar-refractivity contribution in [1.29, 1.82) is 0 Å². The third-order valence-electron chi connectivity index (χ3n) is 4.65. The number of carbonyl (C=O) groups is 2. The second-order valence-corrected chi connectivity index (χ2v) is 8.36. The van der Waals surface area contributed by atoms with Gasteiger partial charge in [-0.25, -0.2) is 4.79 Å². The van der Waals surface area contributed by atoms with Gasteiger partial charge in [-0.15, -0.1) is 0 Å². The quantitative estimate of drug-likeness (QED) is 0.426. The highest BCUT2D eigenvalue weighted by molar-refractivity contribution is 5.97. The molecule has 1 aromatic rings. The number of amides is 1. The number of methoxy groups -OCH3 is 1. The highest BCUT2D eigenvalue weighted by Gasteiger charge is 2.16. The van der Waals surface area contributed by atoms with Gasteiger partial charge in [-0.2, -0.15) is 0 Å². The molecule has 0 heterocycles. The van der Waals surface area contributed by atoms with E-state index < -0.39 is 11.7 Å². The van der Waals surface area contributed by atoms with Crippen LogP contribution >= 0.6 is 0 Å². The van der Waals surface area contributed by atoms with Gasteiger partial charge in [-0.05, 0) is 40.2 Å². The number of benzene rings is 1. The van der Waals surface area contributed by atoms with Crippen molar-refractivity contribution in [3.8, 4) is 5.75 Å². The summed E-state index contributed by atoms with van der Waals surface area (Å²) in [5, 5.41) is 4.49. The summed E-state index contributed by atoms with van der Waals surface area (Å²) in [6.07, 6.45) is 1.99. The van der Waals surface area contributed by atoms with Crippen molar-refractivity contribution in [1.82, 2.24) is 10.2 Å². The summed E-state index contributed by atoms with van der Waals surface area (Å²) >= 11 is 0. The molecule has 0 saturated carbocycles. The SMILES string of the molecule is CC/C(C)=c1/c(OCCCOC)ccc/c1=C(\C=O)N(C)CCNC(=O)OC(C)(C)C. The summed E-state index contributed by atoms with van der Waals surface area (Å²) in [5.74, 6) is 0.757.